The van der Waals surface area contributed by atoms with Gasteiger partial charge in [0.1, 0.15) is 0 Å². The molecule has 0 heterocycles. The minimum atomic E-state index is 0.248. The van der Waals surface area contributed by atoms with E-state index >= 15 is 0 Å². The van der Waals surface area contributed by atoms with E-state index in [-0.39, 0.29) is 5.92 Å². The van der Waals surface area contributed by atoms with Crippen LogP contribution in [0.5, 0.6) is 0 Å². The van der Waals surface area contributed by atoms with Crippen molar-refractivity contribution in [2.45, 2.75) is 59.8 Å². The third-order valence-electron chi connectivity index (χ3n) is 4.86. The lowest BCUT2D eigenvalue weighted by atomic mass is 9.66. The first-order valence-corrected chi connectivity index (χ1v) is 6.16. The summed E-state index contributed by atoms with van der Waals surface area (Å²) in [6, 6.07) is 0. The smallest absolute Gasteiger partial charge is 0.0879 e. The molecule has 1 nitrogen and oxygen atoms in total. The van der Waals surface area contributed by atoms with Gasteiger partial charge in [-0.15, -0.1) is 0 Å². The predicted octanol–water partition coefficient (Wildman–Crippen LogP) is 4.69. The molecule has 2 unspecified atom stereocenters. The third kappa shape index (κ3) is 2.56. The summed E-state index contributed by atoms with van der Waals surface area (Å²) in [6.45, 7) is 12.9. The van der Waals surface area contributed by atoms with Crippen molar-refractivity contribution < 1.29 is 5.11 Å². The Hall–Kier alpha value is -0.460. The molecule has 0 saturated heterocycles. The van der Waals surface area contributed by atoms with E-state index in [0.29, 0.717) is 16.6 Å². The Morgan fingerprint density at radius 1 is 1.33 bits per heavy atom. The molecule has 1 fully saturated rings. The summed E-state index contributed by atoms with van der Waals surface area (Å²) < 4.78 is 0. The summed E-state index contributed by atoms with van der Waals surface area (Å²) in [7, 11) is 0. The van der Waals surface area contributed by atoms with E-state index in [1.807, 2.05) is 0 Å². The van der Waals surface area contributed by atoms with Gasteiger partial charge in [-0.05, 0) is 36.5 Å². The molecule has 88 valence electrons. The average molecular weight is 210 g/mol. The van der Waals surface area contributed by atoms with Gasteiger partial charge in [-0.25, -0.2) is 0 Å². The van der Waals surface area contributed by atoms with Crippen molar-refractivity contribution in [1.82, 2.24) is 0 Å². The summed E-state index contributed by atoms with van der Waals surface area (Å²) in [5.41, 5.74) is 0.917. The molecule has 1 N–H and O–H groups in total. The van der Waals surface area contributed by atoms with Crippen LogP contribution in [0.3, 0.4) is 0 Å². The molecule has 0 aromatic carbocycles. The lowest BCUT2D eigenvalue weighted by molar-refractivity contribution is 0.109. The maximum absolute atomic E-state index is 9.31. The van der Waals surface area contributed by atoms with Gasteiger partial charge >= 0.3 is 0 Å². The average Bonchev–Trinajstić information content (AvgIpc) is 2.38. The van der Waals surface area contributed by atoms with Crippen LogP contribution in [-0.4, -0.2) is 5.11 Å². The molecule has 1 heteroatoms. The Bertz CT molecular complexity index is 242. The Morgan fingerprint density at radius 3 is 2.33 bits per heavy atom. The monoisotopic (exact) mass is 210 g/mol. The van der Waals surface area contributed by atoms with Crippen molar-refractivity contribution in [3.05, 3.63) is 12.3 Å². The van der Waals surface area contributed by atoms with Gasteiger partial charge in [0.25, 0.3) is 0 Å². The molecule has 0 aromatic rings. The fourth-order valence-corrected chi connectivity index (χ4v) is 2.73. The van der Waals surface area contributed by atoms with Crippen LogP contribution >= 0.6 is 0 Å². The van der Waals surface area contributed by atoms with Crippen LogP contribution in [0.2, 0.25) is 0 Å². The van der Waals surface area contributed by atoms with E-state index in [1.54, 1.807) is 0 Å². The molecular formula is C14H26O. The molecule has 2 atom stereocenters. The quantitative estimate of drug-likeness (QED) is 0.667. The highest BCUT2D eigenvalue weighted by Gasteiger charge is 2.44. The minimum absolute atomic E-state index is 0.248. The maximum atomic E-state index is 9.31. The van der Waals surface area contributed by atoms with Crippen LogP contribution in [0.15, 0.2) is 12.3 Å². The number of rotatable bonds is 4. The molecule has 1 aliphatic rings. The molecule has 0 spiro atoms. The molecule has 1 rings (SSSR count). The van der Waals surface area contributed by atoms with Crippen LogP contribution in [0.1, 0.15) is 59.8 Å². The third-order valence-corrected chi connectivity index (χ3v) is 4.86. The zero-order chi connectivity index (χ0) is 11.7. The van der Waals surface area contributed by atoms with E-state index in [9.17, 15) is 5.11 Å². The van der Waals surface area contributed by atoms with Crippen LogP contribution < -0.4 is 0 Å². The molecule has 0 bridgehead atoms. The molecule has 15 heavy (non-hydrogen) atoms. The van der Waals surface area contributed by atoms with E-state index in [4.69, 9.17) is 0 Å². The number of hydrogen-bond acceptors (Lipinski definition) is 1. The summed E-state index contributed by atoms with van der Waals surface area (Å²) in [6.07, 6.45) is 6.32. The van der Waals surface area contributed by atoms with Crippen molar-refractivity contribution in [3.63, 3.8) is 0 Å². The number of hydrogen-bond donors (Lipinski definition) is 1. The highest BCUT2D eigenvalue weighted by atomic mass is 16.3. The standard InChI is InChI=1S/C14H26O/c1-11(12(2)15)7-10-14(5)9-6-8-13(14,3)4/h11,15H,2,6-10H2,1,3-5H3. The SMILES string of the molecule is C=C(O)C(C)CCC1(C)CCCC1(C)C. The first-order valence-electron chi connectivity index (χ1n) is 6.16. The van der Waals surface area contributed by atoms with Gasteiger partial charge in [0.15, 0.2) is 0 Å². The van der Waals surface area contributed by atoms with Crippen molar-refractivity contribution >= 4 is 0 Å². The lowest BCUT2D eigenvalue weighted by Crippen LogP contribution is -2.30. The van der Waals surface area contributed by atoms with Gasteiger partial charge < -0.3 is 5.11 Å². The van der Waals surface area contributed by atoms with E-state index in [2.05, 4.69) is 34.3 Å². The Balaban J connectivity index is 2.54. The second-order valence-electron chi connectivity index (χ2n) is 6.23. The van der Waals surface area contributed by atoms with Gasteiger partial charge in [0, 0.05) is 5.92 Å². The largest absolute Gasteiger partial charge is 0.513 e. The fraction of sp³-hybridized carbons (Fsp3) is 0.857. The normalized spacial score (nSPS) is 31.5. The Labute approximate surface area is 94.6 Å². The summed E-state index contributed by atoms with van der Waals surface area (Å²) in [5, 5.41) is 9.31. The first kappa shape index (κ1) is 12.6. The second-order valence-corrected chi connectivity index (χ2v) is 6.23. The summed E-state index contributed by atoms with van der Waals surface area (Å²) in [5.74, 6) is 0.590. The highest BCUT2D eigenvalue weighted by molar-refractivity contribution is 4.96. The maximum Gasteiger partial charge on any atom is 0.0879 e. The second kappa shape index (κ2) is 4.19. The summed E-state index contributed by atoms with van der Waals surface area (Å²) >= 11 is 0. The summed E-state index contributed by atoms with van der Waals surface area (Å²) in [4.78, 5) is 0. The van der Waals surface area contributed by atoms with Crippen molar-refractivity contribution in [1.29, 1.82) is 0 Å². The molecule has 1 saturated carbocycles. The number of allylic oxidation sites excluding steroid dienone is 1. The Morgan fingerprint density at radius 2 is 1.93 bits per heavy atom. The van der Waals surface area contributed by atoms with E-state index < -0.39 is 0 Å². The van der Waals surface area contributed by atoms with Gasteiger partial charge in [-0.2, -0.15) is 0 Å². The molecule has 0 radical (unpaired) electrons. The molecule has 0 amide bonds. The van der Waals surface area contributed by atoms with Gasteiger partial charge in [0.2, 0.25) is 0 Å². The topological polar surface area (TPSA) is 20.2 Å². The van der Waals surface area contributed by atoms with Crippen molar-refractivity contribution in [2.24, 2.45) is 16.7 Å². The molecule has 1 aliphatic carbocycles. The molecular weight excluding hydrogens is 184 g/mol. The van der Waals surface area contributed by atoms with Crippen LogP contribution in [0, 0.1) is 16.7 Å². The zero-order valence-corrected chi connectivity index (χ0v) is 10.8. The highest BCUT2D eigenvalue weighted by Crippen LogP contribution is 2.55. The lowest BCUT2D eigenvalue weighted by Gasteiger charge is -2.39. The van der Waals surface area contributed by atoms with Crippen molar-refractivity contribution in [3.8, 4) is 0 Å². The first-order chi connectivity index (χ1) is 6.78. The van der Waals surface area contributed by atoms with Crippen LogP contribution in [0.4, 0.5) is 0 Å². The Kier molecular flexibility index (Phi) is 3.52. The molecule has 0 aromatic heterocycles. The van der Waals surface area contributed by atoms with Gasteiger partial charge in [-0.3, -0.25) is 0 Å². The van der Waals surface area contributed by atoms with E-state index in [0.717, 1.165) is 6.42 Å². The fourth-order valence-electron chi connectivity index (χ4n) is 2.73. The zero-order valence-electron chi connectivity index (χ0n) is 10.8. The predicted molar refractivity (Wildman–Crippen MR) is 65.9 cm³/mol. The number of aliphatic hydroxyl groups is 1. The number of aliphatic hydroxyl groups excluding tert-OH is 1. The van der Waals surface area contributed by atoms with Gasteiger partial charge in [0.05, 0.1) is 5.76 Å². The van der Waals surface area contributed by atoms with Crippen LogP contribution in [-0.2, 0) is 0 Å². The van der Waals surface area contributed by atoms with Crippen LogP contribution in [0.25, 0.3) is 0 Å². The van der Waals surface area contributed by atoms with Gasteiger partial charge in [-0.1, -0.05) is 40.7 Å². The minimum Gasteiger partial charge on any atom is -0.513 e. The van der Waals surface area contributed by atoms with E-state index in [1.165, 1.54) is 25.7 Å². The molecule has 0 aliphatic heterocycles. The van der Waals surface area contributed by atoms with Crippen molar-refractivity contribution in [2.75, 3.05) is 0 Å².